The van der Waals surface area contributed by atoms with Gasteiger partial charge in [0.2, 0.25) is 5.91 Å². The van der Waals surface area contributed by atoms with Crippen molar-refractivity contribution in [2.75, 3.05) is 12.4 Å². The van der Waals surface area contributed by atoms with Gasteiger partial charge in [-0.1, -0.05) is 0 Å². The van der Waals surface area contributed by atoms with Gasteiger partial charge in [0, 0.05) is 12.1 Å². The average molecular weight is 261 g/mol. The van der Waals surface area contributed by atoms with Crippen molar-refractivity contribution in [1.82, 2.24) is 0 Å². The number of carbonyl (C=O) groups is 1. The summed E-state index contributed by atoms with van der Waals surface area (Å²) in [7, 11) is 1.40. The molecule has 7 heteroatoms. The Morgan fingerprint density at radius 2 is 2.26 bits per heavy atom. The van der Waals surface area contributed by atoms with Gasteiger partial charge in [0.15, 0.2) is 0 Å². The van der Waals surface area contributed by atoms with Crippen LogP contribution >= 0.6 is 0 Å². The van der Waals surface area contributed by atoms with E-state index < -0.39 is 16.2 Å². The lowest BCUT2D eigenvalue weighted by atomic mass is 10.1. The van der Waals surface area contributed by atoms with E-state index in [1.807, 2.05) is 6.07 Å². The van der Waals surface area contributed by atoms with E-state index in [0.29, 0.717) is 18.6 Å². The van der Waals surface area contributed by atoms with Crippen molar-refractivity contribution in [3.8, 4) is 11.8 Å². The summed E-state index contributed by atoms with van der Waals surface area (Å²) in [6.45, 7) is 0. The SMILES string of the molecule is COc1ccc([N+](=O)[O-])cc1NC(=O)C1(C#N)CC1. The zero-order valence-corrected chi connectivity index (χ0v) is 10.2. The van der Waals surface area contributed by atoms with E-state index in [1.165, 1.54) is 25.3 Å². The lowest BCUT2D eigenvalue weighted by Crippen LogP contribution is -2.23. The molecule has 1 aromatic carbocycles. The summed E-state index contributed by atoms with van der Waals surface area (Å²) in [5.74, 6) is -0.138. The third kappa shape index (κ3) is 2.33. The second-order valence-electron chi connectivity index (χ2n) is 4.29. The quantitative estimate of drug-likeness (QED) is 0.657. The van der Waals surface area contributed by atoms with Gasteiger partial charge >= 0.3 is 0 Å². The monoisotopic (exact) mass is 261 g/mol. The molecule has 2 rings (SSSR count). The Morgan fingerprint density at radius 1 is 1.58 bits per heavy atom. The number of non-ortho nitro benzene ring substituents is 1. The van der Waals surface area contributed by atoms with Crippen LogP contribution in [0.25, 0.3) is 0 Å². The van der Waals surface area contributed by atoms with Crippen LogP contribution in [0.15, 0.2) is 18.2 Å². The Labute approximate surface area is 108 Å². The lowest BCUT2D eigenvalue weighted by Gasteiger charge is -2.11. The number of nitro groups is 1. The number of nitrogens with one attached hydrogen (secondary N) is 1. The summed E-state index contributed by atoms with van der Waals surface area (Å²) >= 11 is 0. The van der Waals surface area contributed by atoms with Gasteiger partial charge < -0.3 is 10.1 Å². The van der Waals surface area contributed by atoms with Crippen molar-refractivity contribution in [2.45, 2.75) is 12.8 Å². The third-order valence-electron chi connectivity index (χ3n) is 3.04. The van der Waals surface area contributed by atoms with Gasteiger partial charge in [-0.2, -0.15) is 5.26 Å². The Balaban J connectivity index is 2.28. The van der Waals surface area contributed by atoms with Crippen molar-refractivity contribution < 1.29 is 14.5 Å². The van der Waals surface area contributed by atoms with E-state index in [0.717, 1.165) is 0 Å². The predicted octanol–water partition coefficient (Wildman–Crippen LogP) is 1.85. The van der Waals surface area contributed by atoms with Gasteiger partial charge in [-0.25, -0.2) is 0 Å². The van der Waals surface area contributed by atoms with Crippen molar-refractivity contribution >= 4 is 17.3 Å². The number of amides is 1. The number of nitrogens with zero attached hydrogens (tertiary/aromatic N) is 2. The molecule has 0 unspecified atom stereocenters. The Hall–Kier alpha value is -2.62. The topological polar surface area (TPSA) is 105 Å². The van der Waals surface area contributed by atoms with Gasteiger partial charge in [-0.05, 0) is 18.9 Å². The lowest BCUT2D eigenvalue weighted by molar-refractivity contribution is -0.384. The van der Waals surface area contributed by atoms with E-state index >= 15 is 0 Å². The number of anilines is 1. The van der Waals surface area contributed by atoms with E-state index in [4.69, 9.17) is 10.00 Å². The first-order valence-electron chi connectivity index (χ1n) is 5.57. The molecule has 0 spiro atoms. The zero-order valence-electron chi connectivity index (χ0n) is 10.2. The van der Waals surface area contributed by atoms with Crippen LogP contribution in [0, 0.1) is 26.9 Å². The van der Waals surface area contributed by atoms with Crippen molar-refractivity contribution in [1.29, 1.82) is 5.26 Å². The molecule has 0 aliphatic heterocycles. The second-order valence-corrected chi connectivity index (χ2v) is 4.29. The van der Waals surface area contributed by atoms with Crippen LogP contribution < -0.4 is 10.1 Å². The number of nitro benzene ring substituents is 1. The minimum atomic E-state index is -0.990. The Bertz CT molecular complexity index is 587. The molecule has 19 heavy (non-hydrogen) atoms. The smallest absolute Gasteiger partial charge is 0.271 e. The molecule has 1 N–H and O–H groups in total. The molecular formula is C12H11N3O4. The van der Waals surface area contributed by atoms with Crippen LogP contribution in [0.5, 0.6) is 5.75 Å². The molecule has 1 fully saturated rings. The van der Waals surface area contributed by atoms with Crippen molar-refractivity contribution in [2.24, 2.45) is 5.41 Å². The molecule has 7 nitrogen and oxygen atoms in total. The molecule has 98 valence electrons. The van der Waals surface area contributed by atoms with Gasteiger partial charge in [0.1, 0.15) is 11.2 Å². The maximum atomic E-state index is 11.9. The van der Waals surface area contributed by atoms with Crippen LogP contribution in [0.2, 0.25) is 0 Å². The average Bonchev–Trinajstić information content (AvgIpc) is 3.19. The summed E-state index contributed by atoms with van der Waals surface area (Å²) in [6, 6.07) is 5.86. The summed E-state index contributed by atoms with van der Waals surface area (Å²) in [4.78, 5) is 22.1. The molecule has 1 aromatic rings. The van der Waals surface area contributed by atoms with Gasteiger partial charge in [-0.15, -0.1) is 0 Å². The van der Waals surface area contributed by atoms with Crippen LogP contribution in [0.1, 0.15) is 12.8 Å². The van der Waals surface area contributed by atoms with E-state index in [1.54, 1.807) is 0 Å². The number of hydrogen-bond acceptors (Lipinski definition) is 5. The number of methoxy groups -OCH3 is 1. The molecule has 0 bridgehead atoms. The number of benzene rings is 1. The van der Waals surface area contributed by atoms with E-state index in [9.17, 15) is 14.9 Å². The molecule has 0 aromatic heterocycles. The fourth-order valence-electron chi connectivity index (χ4n) is 1.66. The highest BCUT2D eigenvalue weighted by molar-refractivity contribution is 6.00. The maximum Gasteiger partial charge on any atom is 0.271 e. The predicted molar refractivity (Wildman–Crippen MR) is 65.6 cm³/mol. The highest BCUT2D eigenvalue weighted by Crippen LogP contribution is 2.46. The molecular weight excluding hydrogens is 250 g/mol. The Kier molecular flexibility index (Phi) is 3.09. The maximum absolute atomic E-state index is 11.9. The standard InChI is InChI=1S/C12H11N3O4/c1-19-10-3-2-8(15(17)18)6-9(10)14-11(16)12(7-13)4-5-12/h2-3,6H,4-5H2,1H3,(H,14,16). The molecule has 0 atom stereocenters. The van der Waals surface area contributed by atoms with Crippen molar-refractivity contribution in [3.05, 3.63) is 28.3 Å². The minimum Gasteiger partial charge on any atom is -0.495 e. The summed E-state index contributed by atoms with van der Waals surface area (Å²) in [6.07, 6.45) is 1.01. The molecule has 0 radical (unpaired) electrons. The van der Waals surface area contributed by atoms with Crippen LogP contribution in [0.4, 0.5) is 11.4 Å². The number of carbonyl (C=O) groups excluding carboxylic acids is 1. The molecule has 1 aliphatic carbocycles. The van der Waals surface area contributed by atoms with Crippen LogP contribution in [-0.2, 0) is 4.79 Å². The number of rotatable bonds is 4. The molecule has 1 saturated carbocycles. The fourth-order valence-corrected chi connectivity index (χ4v) is 1.66. The van der Waals surface area contributed by atoms with E-state index in [-0.39, 0.29) is 11.4 Å². The zero-order chi connectivity index (χ0) is 14.0. The number of nitriles is 1. The third-order valence-corrected chi connectivity index (χ3v) is 3.04. The normalized spacial score (nSPS) is 15.2. The summed E-state index contributed by atoms with van der Waals surface area (Å²) in [5, 5.41) is 22.1. The molecule has 1 amide bonds. The van der Waals surface area contributed by atoms with Gasteiger partial charge in [-0.3, -0.25) is 14.9 Å². The Morgan fingerprint density at radius 3 is 2.74 bits per heavy atom. The highest BCUT2D eigenvalue weighted by Gasteiger charge is 2.50. The summed E-state index contributed by atoms with van der Waals surface area (Å²) < 4.78 is 5.03. The van der Waals surface area contributed by atoms with Crippen molar-refractivity contribution in [3.63, 3.8) is 0 Å². The van der Waals surface area contributed by atoms with Gasteiger partial charge in [0.25, 0.3) is 5.69 Å². The molecule has 0 heterocycles. The first-order chi connectivity index (χ1) is 9.02. The first kappa shape index (κ1) is 12.8. The molecule has 0 saturated heterocycles. The molecule has 1 aliphatic rings. The number of ether oxygens (including phenoxy) is 1. The minimum absolute atomic E-state index is 0.155. The van der Waals surface area contributed by atoms with Gasteiger partial charge in [0.05, 0.1) is 23.8 Å². The largest absolute Gasteiger partial charge is 0.495 e. The van der Waals surface area contributed by atoms with Crippen LogP contribution in [0.3, 0.4) is 0 Å². The fraction of sp³-hybridized carbons (Fsp3) is 0.333. The summed E-state index contributed by atoms with van der Waals surface area (Å²) in [5.41, 5.74) is -0.948. The number of hydrogen-bond donors (Lipinski definition) is 1. The van der Waals surface area contributed by atoms with E-state index in [2.05, 4.69) is 5.32 Å². The highest BCUT2D eigenvalue weighted by atomic mass is 16.6. The first-order valence-corrected chi connectivity index (χ1v) is 5.57. The van der Waals surface area contributed by atoms with Crippen LogP contribution in [-0.4, -0.2) is 17.9 Å². The second kappa shape index (κ2) is 4.57.